The van der Waals surface area contributed by atoms with Gasteiger partial charge in [0.15, 0.2) is 0 Å². The summed E-state index contributed by atoms with van der Waals surface area (Å²) in [7, 11) is 1.00. The highest BCUT2D eigenvalue weighted by Gasteiger charge is 2.18. The second kappa shape index (κ2) is 12.3. The van der Waals surface area contributed by atoms with Gasteiger partial charge in [-0.05, 0) is 48.9 Å². The number of hydrogen-bond donors (Lipinski definition) is 4. The zero-order chi connectivity index (χ0) is 22.1. The SMILES string of the molecule is C.CO.Nc1ccc2c(c1)C(=O)NCCC2.O=C1NCCCc2ccc([N+](=O)[O-])cc21. The van der Waals surface area contributed by atoms with Crippen molar-refractivity contribution in [2.24, 2.45) is 0 Å². The molecule has 9 heteroatoms. The van der Waals surface area contributed by atoms with Crippen LogP contribution in [-0.2, 0) is 12.8 Å². The first-order valence-corrected chi connectivity index (χ1v) is 9.62. The molecule has 2 heterocycles. The summed E-state index contributed by atoms with van der Waals surface area (Å²) in [5.41, 5.74) is 9.38. The molecule has 0 aromatic heterocycles. The molecule has 0 saturated heterocycles. The highest BCUT2D eigenvalue weighted by molar-refractivity contribution is 5.97. The van der Waals surface area contributed by atoms with E-state index in [4.69, 9.17) is 10.8 Å². The number of nitro benzene ring substituents is 1. The normalized spacial score (nSPS) is 14.1. The Bertz CT molecular complexity index is 930. The van der Waals surface area contributed by atoms with Crippen LogP contribution >= 0.6 is 0 Å². The quantitative estimate of drug-likeness (QED) is 0.310. The highest BCUT2D eigenvalue weighted by Crippen LogP contribution is 2.20. The molecular formula is C22H30N4O5. The van der Waals surface area contributed by atoms with Gasteiger partial charge in [-0.3, -0.25) is 19.7 Å². The topological polar surface area (TPSA) is 148 Å². The summed E-state index contributed by atoms with van der Waals surface area (Å²) in [6.07, 6.45) is 3.61. The van der Waals surface area contributed by atoms with E-state index >= 15 is 0 Å². The number of carbonyl (C=O) groups is 2. The summed E-state index contributed by atoms with van der Waals surface area (Å²) in [6, 6.07) is 9.98. The fourth-order valence-electron chi connectivity index (χ4n) is 3.28. The first kappa shape index (κ1) is 25.6. The van der Waals surface area contributed by atoms with Crippen molar-refractivity contribution in [1.29, 1.82) is 0 Å². The average Bonchev–Trinajstić information content (AvgIpc) is 3.05. The second-order valence-corrected chi connectivity index (χ2v) is 6.73. The molecule has 2 aromatic carbocycles. The molecule has 0 bridgehead atoms. The molecule has 5 N–H and O–H groups in total. The summed E-state index contributed by atoms with van der Waals surface area (Å²) in [4.78, 5) is 33.1. The van der Waals surface area contributed by atoms with Gasteiger partial charge in [-0.1, -0.05) is 19.6 Å². The van der Waals surface area contributed by atoms with E-state index in [1.807, 2.05) is 12.1 Å². The van der Waals surface area contributed by atoms with Crippen molar-refractivity contribution < 1.29 is 19.6 Å². The van der Waals surface area contributed by atoms with Crippen molar-refractivity contribution in [3.05, 3.63) is 68.8 Å². The largest absolute Gasteiger partial charge is 0.400 e. The van der Waals surface area contributed by atoms with Gasteiger partial charge in [0.2, 0.25) is 0 Å². The molecule has 2 aliphatic rings. The lowest BCUT2D eigenvalue weighted by molar-refractivity contribution is -0.384. The van der Waals surface area contributed by atoms with Gasteiger partial charge in [-0.15, -0.1) is 0 Å². The molecule has 9 nitrogen and oxygen atoms in total. The minimum atomic E-state index is -0.488. The molecule has 0 spiro atoms. The van der Waals surface area contributed by atoms with Crippen molar-refractivity contribution in [3.63, 3.8) is 0 Å². The van der Waals surface area contributed by atoms with Gasteiger partial charge in [0.1, 0.15) is 0 Å². The summed E-state index contributed by atoms with van der Waals surface area (Å²) in [5.74, 6) is -0.217. The van der Waals surface area contributed by atoms with Crippen molar-refractivity contribution in [3.8, 4) is 0 Å². The summed E-state index contributed by atoms with van der Waals surface area (Å²) < 4.78 is 0. The molecule has 4 rings (SSSR count). The van der Waals surface area contributed by atoms with Crippen molar-refractivity contribution in [1.82, 2.24) is 10.6 Å². The zero-order valence-corrected chi connectivity index (χ0v) is 16.8. The number of fused-ring (bicyclic) bond motifs is 2. The molecule has 168 valence electrons. The van der Waals surface area contributed by atoms with E-state index in [1.165, 1.54) is 12.1 Å². The standard InChI is InChI=1S/C10H10N2O3.C10H12N2O.CH4O.CH4/c13-10-9-6-8(12(14)15)4-3-7(9)2-1-5-11-10;11-8-4-3-7-2-1-5-12-10(13)9(7)6-8;1-2;/h3-4,6H,1-2,5H2,(H,11,13);3-4,6H,1-2,5,11H2,(H,12,13);2H,1H3;1H4. The van der Waals surface area contributed by atoms with Crippen LogP contribution < -0.4 is 16.4 Å². The first-order chi connectivity index (χ1) is 14.5. The van der Waals surface area contributed by atoms with Crippen LogP contribution in [0.1, 0.15) is 52.1 Å². The molecule has 31 heavy (non-hydrogen) atoms. The van der Waals surface area contributed by atoms with E-state index < -0.39 is 4.92 Å². The van der Waals surface area contributed by atoms with Gasteiger partial charge in [-0.25, -0.2) is 0 Å². The van der Waals surface area contributed by atoms with E-state index in [1.54, 1.807) is 12.1 Å². The van der Waals surface area contributed by atoms with Crippen LogP contribution in [0.25, 0.3) is 0 Å². The van der Waals surface area contributed by atoms with Crippen LogP contribution in [0.5, 0.6) is 0 Å². The van der Waals surface area contributed by atoms with Gasteiger partial charge in [-0.2, -0.15) is 0 Å². The molecule has 0 unspecified atom stereocenters. The lowest BCUT2D eigenvalue weighted by Gasteiger charge is -2.04. The van der Waals surface area contributed by atoms with Gasteiger partial charge in [0, 0.05) is 49.1 Å². The number of aliphatic hydroxyl groups is 1. The number of non-ortho nitro benzene ring substituents is 1. The number of amides is 2. The van der Waals surface area contributed by atoms with Crippen LogP contribution in [0.4, 0.5) is 11.4 Å². The number of nitro groups is 1. The smallest absolute Gasteiger partial charge is 0.270 e. The van der Waals surface area contributed by atoms with Gasteiger partial charge >= 0.3 is 0 Å². The highest BCUT2D eigenvalue weighted by atomic mass is 16.6. The number of carbonyl (C=O) groups excluding carboxylic acids is 2. The molecule has 0 radical (unpaired) electrons. The minimum absolute atomic E-state index is 0. The average molecular weight is 431 g/mol. The third-order valence-corrected chi connectivity index (χ3v) is 4.74. The summed E-state index contributed by atoms with van der Waals surface area (Å²) in [6.45, 7) is 1.38. The number of rotatable bonds is 1. The molecular weight excluding hydrogens is 400 g/mol. The lowest BCUT2D eigenvalue weighted by Crippen LogP contribution is -2.22. The fourth-order valence-corrected chi connectivity index (χ4v) is 3.28. The third kappa shape index (κ3) is 6.78. The zero-order valence-electron chi connectivity index (χ0n) is 16.8. The van der Waals surface area contributed by atoms with Crippen LogP contribution in [-0.4, -0.2) is 42.0 Å². The van der Waals surface area contributed by atoms with Crippen molar-refractivity contribution >= 4 is 23.2 Å². The van der Waals surface area contributed by atoms with Gasteiger partial charge in [0.25, 0.3) is 17.5 Å². The van der Waals surface area contributed by atoms with E-state index in [-0.39, 0.29) is 24.9 Å². The molecule has 2 aromatic rings. The monoisotopic (exact) mass is 430 g/mol. The Hall–Kier alpha value is -3.46. The number of aryl methyl sites for hydroxylation is 2. The summed E-state index contributed by atoms with van der Waals surface area (Å²) >= 11 is 0. The van der Waals surface area contributed by atoms with Crippen molar-refractivity contribution in [2.75, 3.05) is 25.9 Å². The van der Waals surface area contributed by atoms with Crippen LogP contribution in [0, 0.1) is 10.1 Å². The number of nitrogens with zero attached hydrogens (tertiary/aromatic N) is 1. The Labute approximate surface area is 181 Å². The number of nitrogens with one attached hydrogen (secondary N) is 2. The summed E-state index contributed by atoms with van der Waals surface area (Å²) in [5, 5.41) is 23.1. The third-order valence-electron chi connectivity index (χ3n) is 4.74. The van der Waals surface area contributed by atoms with Gasteiger partial charge in [0.05, 0.1) is 4.92 Å². The Morgan fingerprint density at radius 2 is 1.39 bits per heavy atom. The first-order valence-electron chi connectivity index (χ1n) is 9.62. The Balaban J connectivity index is 0.000000281. The van der Waals surface area contributed by atoms with E-state index in [0.717, 1.165) is 56.0 Å². The van der Waals surface area contributed by atoms with Crippen LogP contribution in [0.15, 0.2) is 36.4 Å². The number of aliphatic hydroxyl groups excluding tert-OH is 1. The molecule has 2 amide bonds. The molecule has 2 aliphatic heterocycles. The predicted molar refractivity (Wildman–Crippen MR) is 120 cm³/mol. The number of anilines is 1. The number of benzene rings is 2. The van der Waals surface area contributed by atoms with Crippen LogP contribution in [0.2, 0.25) is 0 Å². The Morgan fingerprint density at radius 3 is 1.90 bits per heavy atom. The van der Waals surface area contributed by atoms with Crippen LogP contribution in [0.3, 0.4) is 0 Å². The van der Waals surface area contributed by atoms with E-state index in [2.05, 4.69) is 10.6 Å². The molecule has 0 saturated carbocycles. The molecule has 0 fully saturated rings. The maximum absolute atomic E-state index is 11.5. The number of nitrogens with two attached hydrogens (primary N) is 1. The Kier molecular flexibility index (Phi) is 10.1. The molecule has 0 aliphatic carbocycles. The Morgan fingerprint density at radius 1 is 0.903 bits per heavy atom. The lowest BCUT2D eigenvalue weighted by atomic mass is 10.0. The maximum Gasteiger partial charge on any atom is 0.270 e. The second-order valence-electron chi connectivity index (χ2n) is 6.73. The maximum atomic E-state index is 11.5. The predicted octanol–water partition coefficient (Wildman–Crippen LogP) is 2.46. The van der Waals surface area contributed by atoms with E-state index in [0.29, 0.717) is 17.8 Å². The van der Waals surface area contributed by atoms with Crippen molar-refractivity contribution in [2.45, 2.75) is 33.1 Å². The molecule has 0 atom stereocenters. The number of hydrogen-bond acceptors (Lipinski definition) is 6. The fraction of sp³-hybridized carbons (Fsp3) is 0.364. The van der Waals surface area contributed by atoms with E-state index in [9.17, 15) is 19.7 Å². The minimum Gasteiger partial charge on any atom is -0.400 e. The van der Waals surface area contributed by atoms with Gasteiger partial charge < -0.3 is 21.5 Å². The number of nitrogen functional groups attached to an aromatic ring is 1.